The van der Waals surface area contributed by atoms with Crippen molar-refractivity contribution in [3.63, 3.8) is 0 Å². The number of nitrogens with zero attached hydrogens (tertiary/aromatic N) is 1. The topological polar surface area (TPSA) is 102 Å². The van der Waals surface area contributed by atoms with E-state index in [1.54, 1.807) is 24.3 Å². The Morgan fingerprint density at radius 1 is 1.07 bits per heavy atom. The molecule has 0 heterocycles. The summed E-state index contributed by atoms with van der Waals surface area (Å²) in [6.45, 7) is 1.38. The highest BCUT2D eigenvalue weighted by molar-refractivity contribution is 6.34. The highest BCUT2D eigenvalue weighted by atomic mass is 35.5. The van der Waals surface area contributed by atoms with Crippen LogP contribution in [0.4, 0.5) is 5.69 Å². The maximum absolute atomic E-state index is 12.4. The SMILES string of the molecule is CC(=O)Nc1c(Cl)cccc1C(=O)NCc1ccc(C#N)cc1O.c1cc2cc-2c1. The number of carbonyl (C=O) groups is 2. The predicted molar refractivity (Wildman–Crippen MR) is 115 cm³/mol. The molecule has 2 aromatic carbocycles. The first kappa shape index (κ1) is 20.9. The monoisotopic (exact) mass is 419 g/mol. The van der Waals surface area contributed by atoms with Gasteiger partial charge in [0.2, 0.25) is 5.91 Å². The van der Waals surface area contributed by atoms with E-state index in [1.165, 1.54) is 30.2 Å². The Morgan fingerprint density at radius 3 is 2.30 bits per heavy atom. The number of carbonyl (C=O) groups excluding carboxylic acids is 2. The third-order valence-corrected chi connectivity index (χ3v) is 4.64. The number of nitrogens with one attached hydrogen (secondary N) is 2. The van der Waals surface area contributed by atoms with E-state index in [2.05, 4.69) is 34.9 Å². The molecule has 2 aliphatic rings. The van der Waals surface area contributed by atoms with Crippen LogP contribution in [-0.4, -0.2) is 16.9 Å². The number of phenolic OH excluding ortho intramolecular Hbond substituents is 1. The van der Waals surface area contributed by atoms with Crippen molar-refractivity contribution in [1.29, 1.82) is 5.26 Å². The molecule has 0 fully saturated rings. The first-order valence-electron chi connectivity index (χ1n) is 9.05. The number of halogens is 1. The maximum atomic E-state index is 12.4. The molecule has 0 spiro atoms. The van der Waals surface area contributed by atoms with E-state index in [9.17, 15) is 14.7 Å². The molecule has 6 nitrogen and oxygen atoms in total. The third kappa shape index (κ3) is 5.16. The van der Waals surface area contributed by atoms with Crippen molar-refractivity contribution in [2.24, 2.45) is 0 Å². The lowest BCUT2D eigenvalue weighted by Crippen LogP contribution is -2.24. The van der Waals surface area contributed by atoms with Crippen molar-refractivity contribution in [2.75, 3.05) is 5.32 Å². The minimum atomic E-state index is -0.454. The van der Waals surface area contributed by atoms with Crippen molar-refractivity contribution in [2.45, 2.75) is 13.5 Å². The van der Waals surface area contributed by atoms with Crippen LogP contribution in [0.5, 0.6) is 5.75 Å². The van der Waals surface area contributed by atoms with E-state index < -0.39 is 5.91 Å². The summed E-state index contributed by atoms with van der Waals surface area (Å²) in [6, 6.07) is 19.5. The van der Waals surface area contributed by atoms with Crippen molar-refractivity contribution in [1.82, 2.24) is 5.32 Å². The molecule has 150 valence electrons. The van der Waals surface area contributed by atoms with Crippen molar-refractivity contribution >= 4 is 29.1 Å². The first-order valence-corrected chi connectivity index (χ1v) is 9.43. The van der Waals surface area contributed by atoms with Gasteiger partial charge in [-0.3, -0.25) is 9.59 Å². The molecule has 4 rings (SSSR count). The molecule has 0 aromatic heterocycles. The number of anilines is 1. The van der Waals surface area contributed by atoms with E-state index in [-0.39, 0.29) is 34.5 Å². The third-order valence-electron chi connectivity index (χ3n) is 4.33. The molecule has 0 saturated heterocycles. The van der Waals surface area contributed by atoms with E-state index >= 15 is 0 Å². The molecule has 2 aliphatic carbocycles. The van der Waals surface area contributed by atoms with Crippen LogP contribution < -0.4 is 10.6 Å². The Kier molecular flexibility index (Phi) is 6.35. The number of nitriles is 1. The van der Waals surface area contributed by atoms with Gasteiger partial charge in [0.1, 0.15) is 5.75 Å². The fourth-order valence-electron chi connectivity index (χ4n) is 2.75. The fraction of sp³-hybridized carbons (Fsp3) is 0.0870. The van der Waals surface area contributed by atoms with Gasteiger partial charge in [-0.25, -0.2) is 0 Å². The molecular formula is C23H18ClN3O3. The summed E-state index contributed by atoms with van der Waals surface area (Å²) in [4.78, 5) is 23.6. The predicted octanol–water partition coefficient (Wildman–Crippen LogP) is 4.47. The van der Waals surface area contributed by atoms with Crippen LogP contribution in [0, 0.1) is 11.3 Å². The lowest BCUT2D eigenvalue weighted by atomic mass is 10.1. The van der Waals surface area contributed by atoms with E-state index in [0.717, 1.165) is 0 Å². The van der Waals surface area contributed by atoms with Crippen LogP contribution in [0.25, 0.3) is 11.1 Å². The molecule has 0 bridgehead atoms. The second-order valence-electron chi connectivity index (χ2n) is 6.56. The number of hydrogen-bond acceptors (Lipinski definition) is 4. The molecule has 0 unspecified atom stereocenters. The summed E-state index contributed by atoms with van der Waals surface area (Å²) in [5.74, 6) is -0.880. The Hall–Kier alpha value is -3.82. The summed E-state index contributed by atoms with van der Waals surface area (Å²) in [5, 5.41) is 24.0. The van der Waals surface area contributed by atoms with Gasteiger partial charge in [0, 0.05) is 19.0 Å². The fourth-order valence-corrected chi connectivity index (χ4v) is 2.97. The van der Waals surface area contributed by atoms with Crippen molar-refractivity contribution in [3.8, 4) is 22.9 Å². The van der Waals surface area contributed by atoms with Crippen LogP contribution in [0.2, 0.25) is 5.02 Å². The molecule has 2 amide bonds. The molecular weight excluding hydrogens is 402 g/mol. The normalized spacial score (nSPS) is 10.2. The van der Waals surface area contributed by atoms with Gasteiger partial charge in [-0.2, -0.15) is 5.26 Å². The quantitative estimate of drug-likeness (QED) is 0.454. The second kappa shape index (κ2) is 9.12. The highest BCUT2D eigenvalue weighted by Crippen LogP contribution is 2.32. The molecule has 7 heteroatoms. The van der Waals surface area contributed by atoms with Gasteiger partial charge >= 0.3 is 0 Å². The van der Waals surface area contributed by atoms with Crippen LogP contribution >= 0.6 is 11.6 Å². The van der Waals surface area contributed by atoms with Gasteiger partial charge in [-0.05, 0) is 41.5 Å². The summed E-state index contributed by atoms with van der Waals surface area (Å²) in [6.07, 6.45) is 0. The number of fused-ring (bicyclic) bond motifs is 1. The van der Waals surface area contributed by atoms with E-state index in [1.807, 2.05) is 6.07 Å². The number of para-hydroxylation sites is 1. The van der Waals surface area contributed by atoms with Crippen LogP contribution in [0.15, 0.2) is 60.7 Å². The molecule has 3 N–H and O–H groups in total. The van der Waals surface area contributed by atoms with Gasteiger partial charge in [0.05, 0.1) is 27.9 Å². The molecule has 0 saturated carbocycles. The molecule has 30 heavy (non-hydrogen) atoms. The summed E-state index contributed by atoms with van der Waals surface area (Å²) in [7, 11) is 0. The Balaban J connectivity index is 0.000000357. The van der Waals surface area contributed by atoms with Crippen molar-refractivity contribution in [3.05, 3.63) is 82.4 Å². The largest absolute Gasteiger partial charge is 0.508 e. The lowest BCUT2D eigenvalue weighted by Gasteiger charge is -2.12. The van der Waals surface area contributed by atoms with Gasteiger partial charge in [-0.1, -0.05) is 41.9 Å². The smallest absolute Gasteiger partial charge is 0.253 e. The number of benzene rings is 3. The molecule has 2 aromatic rings. The zero-order valence-electron chi connectivity index (χ0n) is 16.1. The lowest BCUT2D eigenvalue weighted by molar-refractivity contribution is -0.114. The summed E-state index contributed by atoms with van der Waals surface area (Å²) < 4.78 is 0. The Morgan fingerprint density at radius 2 is 1.77 bits per heavy atom. The average molecular weight is 420 g/mol. The zero-order valence-corrected chi connectivity index (χ0v) is 16.8. The van der Waals surface area contributed by atoms with Crippen LogP contribution in [-0.2, 0) is 11.3 Å². The van der Waals surface area contributed by atoms with Gasteiger partial charge in [0.25, 0.3) is 5.91 Å². The number of amides is 2. The standard InChI is InChI=1S/C17H14ClN3O3.C6H4/c1-10(22)21-16-13(3-2-4-14(16)18)17(24)20-9-12-6-5-11(8-19)7-15(12)23;1-2-5-4-6(5)3-1/h2-7,23H,9H2,1H3,(H,20,24)(H,21,22);1-4H. The number of aromatic hydroxyl groups is 1. The zero-order chi connectivity index (χ0) is 21.7. The van der Waals surface area contributed by atoms with Gasteiger partial charge in [0.15, 0.2) is 0 Å². The Labute approximate surface area is 178 Å². The summed E-state index contributed by atoms with van der Waals surface area (Å²) >= 11 is 6.03. The van der Waals surface area contributed by atoms with Gasteiger partial charge in [-0.15, -0.1) is 0 Å². The maximum Gasteiger partial charge on any atom is 0.253 e. The molecule has 0 aliphatic heterocycles. The highest BCUT2D eigenvalue weighted by Gasteiger charge is 2.15. The van der Waals surface area contributed by atoms with E-state index in [4.69, 9.17) is 16.9 Å². The van der Waals surface area contributed by atoms with Crippen LogP contribution in [0.1, 0.15) is 28.4 Å². The molecule has 0 atom stereocenters. The average Bonchev–Trinajstić information content (AvgIpc) is 3.33. The number of hydrogen-bond donors (Lipinski definition) is 3. The Bertz CT molecular complexity index is 1150. The second-order valence-corrected chi connectivity index (χ2v) is 6.97. The minimum absolute atomic E-state index is 0.0579. The number of rotatable bonds is 4. The minimum Gasteiger partial charge on any atom is -0.508 e. The van der Waals surface area contributed by atoms with Crippen molar-refractivity contribution < 1.29 is 14.7 Å². The number of phenols is 1. The van der Waals surface area contributed by atoms with Crippen LogP contribution in [0.3, 0.4) is 0 Å². The van der Waals surface area contributed by atoms with Gasteiger partial charge < -0.3 is 15.7 Å². The van der Waals surface area contributed by atoms with E-state index in [0.29, 0.717) is 11.1 Å². The molecule has 0 radical (unpaired) electrons. The first-order chi connectivity index (χ1) is 14.4. The summed E-state index contributed by atoms with van der Waals surface area (Å²) in [5.41, 5.74) is 4.08.